The van der Waals surface area contributed by atoms with Gasteiger partial charge in [-0.3, -0.25) is 0 Å². The molecule has 0 aliphatic rings. The van der Waals surface area contributed by atoms with Crippen molar-refractivity contribution in [3.8, 4) is 0 Å². The van der Waals surface area contributed by atoms with Crippen LogP contribution in [0.25, 0.3) is 0 Å². The summed E-state index contributed by atoms with van der Waals surface area (Å²) in [7, 11) is 0. The van der Waals surface area contributed by atoms with Gasteiger partial charge in [-0.2, -0.15) is 0 Å². The van der Waals surface area contributed by atoms with Gasteiger partial charge in [-0.05, 0) is 40.5 Å². The quantitative estimate of drug-likeness (QED) is 0.0200. The molecule has 0 rings (SSSR count). The van der Waals surface area contributed by atoms with E-state index in [9.17, 15) is 0 Å². The summed E-state index contributed by atoms with van der Waals surface area (Å²) in [5.41, 5.74) is 0. The van der Waals surface area contributed by atoms with E-state index in [4.69, 9.17) is 61.6 Å². The smallest absolute Gasteiger partial charge is 0.0437 e. The Bertz CT molecular complexity index is 1540. The summed E-state index contributed by atoms with van der Waals surface area (Å²) in [6, 6.07) is 0. The van der Waals surface area contributed by atoms with Crippen LogP contribution in [-0.4, -0.2) is 256 Å². The minimum atomic E-state index is 0.599. The van der Waals surface area contributed by atoms with Crippen molar-refractivity contribution in [1.29, 1.82) is 0 Å². The Hall–Kier alpha value is 2.35. The van der Waals surface area contributed by atoms with E-state index in [0.29, 0.717) is 20.2 Å². The molecule has 0 aromatic heterocycles. The third kappa shape index (κ3) is 157. The molecule has 0 saturated heterocycles. The van der Waals surface area contributed by atoms with Gasteiger partial charge in [0.2, 0.25) is 0 Å². The number of nitrogens with one attached hydrogen (secondary N) is 12. The average Bonchev–Trinajstić information content (AvgIpc) is 2.64. The molecule has 0 aromatic rings. The van der Waals surface area contributed by atoms with Crippen molar-refractivity contribution in [2.45, 2.75) is 234 Å². The summed E-state index contributed by atoms with van der Waals surface area (Å²) in [6.45, 7) is 67.0. The maximum atomic E-state index is 5.46. The van der Waals surface area contributed by atoms with Crippen molar-refractivity contribution >= 4 is 24.9 Å². The Morgan fingerprint density at radius 2 is 0.336 bits per heavy atom. The SMILES string of the molecule is CCCCOCC.CCCCOCCN[C](=[W])NCCOCCC.CCCCOCCN[C](=[W])NCOCCCC.CCCCOCN[C](=[W])NCCOCCC.CCCOCC.CCCOCCN[C](=[W])NCC.CCCOCCN[C](=[W])NCCOCCC.CCCOCN[C](=[W])NCC.CCOCC. The van der Waals surface area contributed by atoms with Gasteiger partial charge in [0.05, 0.1) is 0 Å². The number of hydrogen-bond acceptors (Lipinski definition) is 25. The molecule has 0 amide bonds. The van der Waals surface area contributed by atoms with Crippen LogP contribution in [0.4, 0.5) is 0 Å². The van der Waals surface area contributed by atoms with Gasteiger partial charge >= 0.3 is 617 Å². The zero-order valence-corrected chi connectivity index (χ0v) is 89.1. The summed E-state index contributed by atoms with van der Waals surface area (Å²) < 4.78 is 75.6. The van der Waals surface area contributed by atoms with Crippen LogP contribution in [0.15, 0.2) is 0 Å². The fourth-order valence-corrected chi connectivity index (χ4v) is 10.6. The van der Waals surface area contributed by atoms with Crippen LogP contribution in [0.3, 0.4) is 0 Å². The minimum Gasteiger partial charge on any atom is -0.382 e. The maximum absolute atomic E-state index is 5.46. The monoisotopic (exact) mass is 2560 g/mol. The molecule has 0 aliphatic heterocycles. The Balaban J connectivity index is -0.000000148. The molecule has 648 valence electrons. The molecule has 0 atom stereocenters. The van der Waals surface area contributed by atoms with Gasteiger partial charge in [0.25, 0.3) is 0 Å². The van der Waals surface area contributed by atoms with Crippen molar-refractivity contribution in [2.24, 2.45) is 0 Å². The molecule has 0 aromatic carbocycles. The second-order valence-corrected chi connectivity index (χ2v) is 31.2. The first kappa shape index (κ1) is 127. The Morgan fingerprint density at radius 1 is 0.168 bits per heavy atom. The van der Waals surface area contributed by atoms with Gasteiger partial charge in [-0.15, -0.1) is 0 Å². The molecule has 0 radical (unpaired) electrons. The number of hydrogen-bond donors (Lipinski definition) is 12. The Kier molecular flexibility index (Phi) is 157. The van der Waals surface area contributed by atoms with E-state index in [1.54, 1.807) is 0 Å². The van der Waals surface area contributed by atoms with Crippen molar-refractivity contribution in [3.05, 3.63) is 0 Å². The number of unbranched alkanes of at least 4 members (excludes halogenated alkanes) is 5. The van der Waals surface area contributed by atoms with Crippen molar-refractivity contribution in [1.82, 2.24) is 63.8 Å². The molecule has 0 unspecified atom stereocenters. The van der Waals surface area contributed by atoms with Gasteiger partial charge in [0.15, 0.2) is 0 Å². The van der Waals surface area contributed by atoms with Crippen LogP contribution < -0.4 is 63.8 Å². The first-order valence-corrected chi connectivity index (χ1v) is 49.5. The zero-order valence-electron chi connectivity index (χ0n) is 71.5. The number of ether oxygens (including phenoxy) is 13. The molecule has 25 nitrogen and oxygen atoms in total. The van der Waals surface area contributed by atoms with Crippen LogP contribution in [0.5, 0.6) is 0 Å². The molecule has 0 spiro atoms. The van der Waals surface area contributed by atoms with Crippen LogP contribution >= 0.6 is 0 Å². The van der Waals surface area contributed by atoms with E-state index in [1.165, 1.54) is 167 Å². The summed E-state index contributed by atoms with van der Waals surface area (Å²) in [4.78, 5) is 0. The number of rotatable bonds is 74. The van der Waals surface area contributed by atoms with E-state index in [-0.39, 0.29) is 0 Å². The van der Waals surface area contributed by atoms with Crippen molar-refractivity contribution in [2.75, 3.05) is 231 Å². The molecule has 0 aliphatic carbocycles. The van der Waals surface area contributed by atoms with E-state index >= 15 is 0 Å². The third-order valence-electron chi connectivity index (χ3n) is 11.9. The normalized spacial score (nSPS) is 10.3. The van der Waals surface area contributed by atoms with Gasteiger partial charge in [0.1, 0.15) is 0 Å². The first-order chi connectivity index (χ1) is 52.1. The fourth-order valence-electron chi connectivity index (χ4n) is 6.37. The molecular weight excluding hydrogens is 2390 g/mol. The van der Waals surface area contributed by atoms with Crippen LogP contribution in [0.1, 0.15) is 234 Å². The molecular formula is C76H170N12O13W6. The van der Waals surface area contributed by atoms with Gasteiger partial charge < -0.3 is 14.2 Å². The molecule has 107 heavy (non-hydrogen) atoms. The zero-order chi connectivity index (χ0) is 81.9. The molecule has 0 fully saturated rings. The van der Waals surface area contributed by atoms with Gasteiger partial charge in [-0.1, -0.05) is 20.3 Å². The largest absolute Gasteiger partial charge is 0.382 e. The topological polar surface area (TPSA) is 264 Å². The minimum absolute atomic E-state index is 0.599. The second-order valence-electron chi connectivity index (χ2n) is 22.4. The first-order valence-electron chi connectivity index (χ1n) is 40.7. The second kappa shape index (κ2) is 132. The van der Waals surface area contributed by atoms with E-state index in [2.05, 4.69) is 161 Å². The average molecular weight is 2560 g/mol. The standard InChI is InChI=1S/2C12H26N2O2.2C11H24N2O2.C8H18N2O.C7H16N2O.C6H14O.C5H12O.C4H10O.6W/c1-3-5-9-16-11-7-14-12-13-6-10-15-8-4-2;1-3-5-8-15-10-7-13-11-14-12-16-9-6-4-2;1-3-7-14-9-5-12-11-13-6-10-15-8-4-2;1-3-5-8-15-11-13-10-12-6-9-14-7-4-2;1-3-6-11-7-5-10-8-9-4-2;1-3-5-10-7-9-6-8-4-2;1-3-5-6-7-4-2;1-3-5-6-4-2;1-3-5-4-2;;;;;;/h13-14H,3-11H2,1-2H3;13-14H,3-10,12H2,1-2H3;12-13H,3-10H2,1-2H3;12-13H,3-9,11H2,1-2H3;9-10H,3-7H2,1-2H3;8-9H,3-5,7H2,1-2H3;3-6H2,1-2H3;3-5H2,1-2H3;3-4H2,1-2H3;;;;;;. The predicted molar refractivity (Wildman–Crippen MR) is 433 cm³/mol. The van der Waals surface area contributed by atoms with E-state index in [1.807, 2.05) is 27.7 Å². The van der Waals surface area contributed by atoms with E-state index < -0.39 is 0 Å². The van der Waals surface area contributed by atoms with E-state index in [0.717, 1.165) is 294 Å². The third-order valence-corrected chi connectivity index (χ3v) is 18.1. The summed E-state index contributed by atoms with van der Waals surface area (Å²) in [5, 5.41) is 39.0. The van der Waals surface area contributed by atoms with Crippen LogP contribution in [0.2, 0.25) is 0 Å². The van der Waals surface area contributed by atoms with Gasteiger partial charge in [-0.25, -0.2) is 0 Å². The molecule has 0 heterocycles. The van der Waals surface area contributed by atoms with Gasteiger partial charge in [0, 0.05) is 39.6 Å². The molecule has 31 heteroatoms. The van der Waals surface area contributed by atoms with Crippen molar-refractivity contribution < 1.29 is 178 Å². The Labute approximate surface area is 724 Å². The fraction of sp³-hybridized carbons (Fsp3) is 0.921. The maximum Gasteiger partial charge on any atom is 0.0437 e. The summed E-state index contributed by atoms with van der Waals surface area (Å²) in [5.74, 6) is 0. The predicted octanol–water partition coefficient (Wildman–Crippen LogP) is 8.84. The summed E-state index contributed by atoms with van der Waals surface area (Å²) in [6.07, 6.45) is 19.4. The Morgan fingerprint density at radius 3 is 0.542 bits per heavy atom. The molecule has 0 saturated carbocycles. The molecule has 12 N–H and O–H groups in total. The summed E-state index contributed by atoms with van der Waals surface area (Å²) >= 11 is 8.49. The van der Waals surface area contributed by atoms with Crippen molar-refractivity contribution in [3.63, 3.8) is 0 Å². The van der Waals surface area contributed by atoms with Crippen LogP contribution in [-0.2, 0) is 178 Å². The van der Waals surface area contributed by atoms with Crippen LogP contribution in [0, 0.1) is 0 Å². The molecule has 0 bridgehead atoms.